The summed E-state index contributed by atoms with van der Waals surface area (Å²) in [7, 11) is 0. The number of nitrogens with zero attached hydrogens (tertiary/aromatic N) is 1. The van der Waals surface area contributed by atoms with Gasteiger partial charge in [-0.2, -0.15) is 0 Å². The minimum Gasteiger partial charge on any atom is -0.352 e. The van der Waals surface area contributed by atoms with Gasteiger partial charge in [-0.15, -0.1) is 0 Å². The summed E-state index contributed by atoms with van der Waals surface area (Å²) in [4.78, 5) is 34.9. The average molecular weight is 213 g/mol. The maximum atomic E-state index is 11.3. The quantitative estimate of drug-likeness (QED) is 0.557. The first-order valence-electron chi connectivity index (χ1n) is 4.84. The summed E-state index contributed by atoms with van der Waals surface area (Å²) in [6.45, 7) is 3.68. The molecule has 0 radical (unpaired) electrons. The average Bonchev–Trinajstić information content (AvgIpc) is 2.10. The van der Waals surface area contributed by atoms with Crippen molar-refractivity contribution in [3.05, 3.63) is 0 Å². The summed E-state index contributed by atoms with van der Waals surface area (Å²) >= 11 is 0. The van der Waals surface area contributed by atoms with E-state index in [9.17, 15) is 14.4 Å². The van der Waals surface area contributed by atoms with Crippen LogP contribution < -0.4 is 10.6 Å². The number of nitrogens with one attached hydrogen (secondary N) is 2. The number of imide groups is 1. The second kappa shape index (κ2) is 4.88. The van der Waals surface area contributed by atoms with Gasteiger partial charge in [0.2, 0.25) is 17.7 Å². The molecular formula is C9H15N3O3. The van der Waals surface area contributed by atoms with Crippen LogP contribution in [0.15, 0.2) is 0 Å². The van der Waals surface area contributed by atoms with E-state index in [-0.39, 0.29) is 43.4 Å². The highest BCUT2D eigenvalue weighted by atomic mass is 16.2. The predicted molar refractivity (Wildman–Crippen MR) is 52.9 cm³/mol. The van der Waals surface area contributed by atoms with Crippen molar-refractivity contribution in [1.82, 2.24) is 15.5 Å². The second-order valence-corrected chi connectivity index (χ2v) is 3.70. The fourth-order valence-electron chi connectivity index (χ4n) is 1.29. The zero-order valence-corrected chi connectivity index (χ0v) is 8.87. The Morgan fingerprint density at radius 3 is 2.40 bits per heavy atom. The minimum atomic E-state index is -0.356. The lowest BCUT2D eigenvalue weighted by Gasteiger charge is -2.25. The molecule has 6 nitrogen and oxygen atoms in total. The van der Waals surface area contributed by atoms with Crippen LogP contribution in [-0.4, -0.2) is 48.3 Å². The fourth-order valence-corrected chi connectivity index (χ4v) is 1.29. The largest absolute Gasteiger partial charge is 0.352 e. The Hall–Kier alpha value is -1.43. The van der Waals surface area contributed by atoms with Crippen molar-refractivity contribution >= 4 is 17.7 Å². The zero-order chi connectivity index (χ0) is 11.4. The molecule has 0 spiro atoms. The van der Waals surface area contributed by atoms with Gasteiger partial charge in [0.15, 0.2) is 0 Å². The van der Waals surface area contributed by atoms with Gasteiger partial charge >= 0.3 is 0 Å². The van der Waals surface area contributed by atoms with Crippen molar-refractivity contribution in [3.8, 4) is 0 Å². The molecule has 0 aliphatic carbocycles. The number of rotatable bonds is 3. The molecular weight excluding hydrogens is 198 g/mol. The lowest BCUT2D eigenvalue weighted by molar-refractivity contribution is -0.149. The van der Waals surface area contributed by atoms with Gasteiger partial charge in [0.25, 0.3) is 0 Å². The van der Waals surface area contributed by atoms with E-state index < -0.39 is 0 Å². The van der Waals surface area contributed by atoms with E-state index in [1.165, 1.54) is 0 Å². The molecule has 1 rings (SSSR count). The third-order valence-electron chi connectivity index (χ3n) is 1.91. The Kier molecular flexibility index (Phi) is 3.79. The highest BCUT2D eigenvalue weighted by molar-refractivity contribution is 6.02. The number of piperazine rings is 1. The van der Waals surface area contributed by atoms with E-state index in [2.05, 4.69) is 10.6 Å². The van der Waals surface area contributed by atoms with Gasteiger partial charge < -0.3 is 5.32 Å². The molecule has 1 aliphatic rings. The normalized spacial score (nSPS) is 17.1. The topological polar surface area (TPSA) is 78.5 Å². The summed E-state index contributed by atoms with van der Waals surface area (Å²) in [5, 5.41) is 5.28. The molecule has 0 unspecified atom stereocenters. The Morgan fingerprint density at radius 2 is 1.93 bits per heavy atom. The van der Waals surface area contributed by atoms with Crippen molar-refractivity contribution in [1.29, 1.82) is 0 Å². The van der Waals surface area contributed by atoms with Gasteiger partial charge in [-0.3, -0.25) is 24.6 Å². The van der Waals surface area contributed by atoms with E-state index in [1.807, 2.05) is 13.8 Å². The molecule has 0 bridgehead atoms. The van der Waals surface area contributed by atoms with Gasteiger partial charge in [-0.25, -0.2) is 0 Å². The summed E-state index contributed by atoms with van der Waals surface area (Å²) in [5.74, 6) is -1.02. The molecule has 3 amide bonds. The van der Waals surface area contributed by atoms with Gasteiger partial charge in [0.05, 0.1) is 13.1 Å². The molecule has 0 aromatic rings. The number of amides is 3. The van der Waals surface area contributed by atoms with Crippen molar-refractivity contribution in [3.63, 3.8) is 0 Å². The van der Waals surface area contributed by atoms with Crippen LogP contribution in [0.2, 0.25) is 0 Å². The first-order chi connectivity index (χ1) is 7.00. The highest BCUT2D eigenvalue weighted by Crippen LogP contribution is 1.96. The summed E-state index contributed by atoms with van der Waals surface area (Å²) in [6.07, 6.45) is 0. The molecule has 15 heavy (non-hydrogen) atoms. The SMILES string of the molecule is CC(C)NC(=O)CN1C(=O)CNCC1=O. The zero-order valence-electron chi connectivity index (χ0n) is 8.87. The van der Waals surface area contributed by atoms with Crippen LogP contribution in [0, 0.1) is 0 Å². The standard InChI is InChI=1S/C9H15N3O3/c1-6(2)11-7(13)5-12-8(14)3-10-4-9(12)15/h6,10H,3-5H2,1-2H3,(H,11,13). The van der Waals surface area contributed by atoms with E-state index >= 15 is 0 Å². The first-order valence-corrected chi connectivity index (χ1v) is 4.84. The predicted octanol–water partition coefficient (Wildman–Crippen LogP) is -1.53. The molecule has 84 valence electrons. The van der Waals surface area contributed by atoms with Crippen molar-refractivity contribution < 1.29 is 14.4 Å². The van der Waals surface area contributed by atoms with Crippen LogP contribution in [0.4, 0.5) is 0 Å². The van der Waals surface area contributed by atoms with E-state index in [1.54, 1.807) is 0 Å². The van der Waals surface area contributed by atoms with Crippen LogP contribution in [0.5, 0.6) is 0 Å². The Balaban J connectivity index is 2.51. The Morgan fingerprint density at radius 1 is 1.40 bits per heavy atom. The van der Waals surface area contributed by atoms with Crippen molar-refractivity contribution in [2.45, 2.75) is 19.9 Å². The molecule has 1 saturated heterocycles. The minimum absolute atomic E-state index is 0.00520. The van der Waals surface area contributed by atoms with Crippen LogP contribution in [0.1, 0.15) is 13.8 Å². The molecule has 1 fully saturated rings. The van der Waals surface area contributed by atoms with Gasteiger partial charge in [0.1, 0.15) is 6.54 Å². The monoisotopic (exact) mass is 213 g/mol. The molecule has 0 atom stereocenters. The lowest BCUT2D eigenvalue weighted by Crippen LogP contribution is -2.55. The summed E-state index contributed by atoms with van der Waals surface area (Å²) < 4.78 is 0. The third kappa shape index (κ3) is 3.32. The smallest absolute Gasteiger partial charge is 0.243 e. The molecule has 0 aromatic carbocycles. The van der Waals surface area contributed by atoms with Crippen molar-refractivity contribution in [2.24, 2.45) is 0 Å². The first kappa shape index (κ1) is 11.6. The van der Waals surface area contributed by atoms with Crippen molar-refractivity contribution in [2.75, 3.05) is 19.6 Å². The van der Waals surface area contributed by atoms with Crippen LogP contribution in [-0.2, 0) is 14.4 Å². The highest BCUT2D eigenvalue weighted by Gasteiger charge is 2.27. The summed E-state index contributed by atoms with van der Waals surface area (Å²) in [5.41, 5.74) is 0. The van der Waals surface area contributed by atoms with Crippen LogP contribution >= 0.6 is 0 Å². The molecule has 2 N–H and O–H groups in total. The van der Waals surface area contributed by atoms with Gasteiger partial charge in [-0.1, -0.05) is 0 Å². The number of carbonyl (C=O) groups is 3. The third-order valence-corrected chi connectivity index (χ3v) is 1.91. The number of hydrogen-bond acceptors (Lipinski definition) is 4. The number of hydrogen-bond donors (Lipinski definition) is 2. The molecule has 1 aliphatic heterocycles. The molecule has 0 aromatic heterocycles. The van der Waals surface area contributed by atoms with Gasteiger partial charge in [-0.05, 0) is 13.8 Å². The second-order valence-electron chi connectivity index (χ2n) is 3.70. The maximum absolute atomic E-state index is 11.3. The Labute approximate surface area is 88.0 Å². The van der Waals surface area contributed by atoms with Crippen LogP contribution in [0.3, 0.4) is 0 Å². The molecule has 1 heterocycles. The van der Waals surface area contributed by atoms with E-state index in [4.69, 9.17) is 0 Å². The molecule has 6 heteroatoms. The Bertz CT molecular complexity index is 272. The lowest BCUT2D eigenvalue weighted by atomic mass is 10.3. The van der Waals surface area contributed by atoms with Crippen LogP contribution in [0.25, 0.3) is 0 Å². The molecule has 0 saturated carbocycles. The fraction of sp³-hybridized carbons (Fsp3) is 0.667. The summed E-state index contributed by atoms with van der Waals surface area (Å²) in [6, 6.07) is 0.00520. The van der Waals surface area contributed by atoms with E-state index in [0.29, 0.717) is 0 Å². The number of carbonyl (C=O) groups excluding carboxylic acids is 3. The maximum Gasteiger partial charge on any atom is 0.243 e. The van der Waals surface area contributed by atoms with E-state index in [0.717, 1.165) is 4.90 Å². The van der Waals surface area contributed by atoms with Gasteiger partial charge in [0, 0.05) is 6.04 Å².